The third kappa shape index (κ3) is 4.16. The number of thioether (sulfide) groups is 1. The number of hydrogen-bond acceptors (Lipinski definition) is 2. The van der Waals surface area contributed by atoms with Crippen LogP contribution < -0.4 is 0 Å². The standard InChI is InChI=1S/C18H18OS/c1-14-5-10-18(12-15(14)2)20-13-17-8-6-16(7-9-17)4-3-11-19/h5-10,12,19H,11,13H2,1-2H3. The zero-order valence-corrected chi connectivity index (χ0v) is 12.6. The Labute approximate surface area is 125 Å². The van der Waals surface area contributed by atoms with E-state index in [1.807, 2.05) is 23.9 Å². The van der Waals surface area contributed by atoms with Crippen LogP contribution in [0, 0.1) is 25.7 Å². The molecule has 2 rings (SSSR count). The van der Waals surface area contributed by atoms with Gasteiger partial charge in [-0.25, -0.2) is 0 Å². The molecule has 0 bridgehead atoms. The van der Waals surface area contributed by atoms with Gasteiger partial charge in [-0.15, -0.1) is 11.8 Å². The van der Waals surface area contributed by atoms with Gasteiger partial charge in [-0.3, -0.25) is 0 Å². The Kier molecular flexibility index (Phi) is 5.29. The van der Waals surface area contributed by atoms with Crippen LogP contribution in [0.4, 0.5) is 0 Å². The van der Waals surface area contributed by atoms with E-state index in [0.29, 0.717) is 0 Å². The highest BCUT2D eigenvalue weighted by molar-refractivity contribution is 7.98. The largest absolute Gasteiger partial charge is 0.384 e. The smallest absolute Gasteiger partial charge is 0.104 e. The topological polar surface area (TPSA) is 20.2 Å². The summed E-state index contributed by atoms with van der Waals surface area (Å²) in [5.74, 6) is 6.51. The summed E-state index contributed by atoms with van der Waals surface area (Å²) < 4.78 is 0. The number of aryl methyl sites for hydroxylation is 2. The molecule has 0 unspecified atom stereocenters. The van der Waals surface area contributed by atoms with Gasteiger partial charge in [0.05, 0.1) is 0 Å². The lowest BCUT2D eigenvalue weighted by Gasteiger charge is -2.05. The SMILES string of the molecule is Cc1ccc(SCc2ccc(C#CCO)cc2)cc1C. The molecule has 0 radical (unpaired) electrons. The van der Waals surface area contributed by atoms with Crippen molar-refractivity contribution in [3.05, 3.63) is 64.7 Å². The lowest BCUT2D eigenvalue weighted by Crippen LogP contribution is -1.84. The molecule has 2 heteroatoms. The fraction of sp³-hybridized carbons (Fsp3) is 0.222. The monoisotopic (exact) mass is 282 g/mol. The molecular weight excluding hydrogens is 264 g/mol. The van der Waals surface area contributed by atoms with Gasteiger partial charge in [0, 0.05) is 16.2 Å². The Hall–Kier alpha value is -1.69. The second kappa shape index (κ2) is 7.19. The van der Waals surface area contributed by atoms with Crippen molar-refractivity contribution in [3.8, 4) is 11.8 Å². The highest BCUT2D eigenvalue weighted by atomic mass is 32.2. The maximum absolute atomic E-state index is 8.66. The predicted molar refractivity (Wildman–Crippen MR) is 85.9 cm³/mol. The summed E-state index contributed by atoms with van der Waals surface area (Å²) in [5.41, 5.74) is 4.90. The molecule has 0 fully saturated rings. The van der Waals surface area contributed by atoms with Crippen LogP contribution >= 0.6 is 11.8 Å². The number of rotatable bonds is 3. The van der Waals surface area contributed by atoms with Crippen molar-refractivity contribution in [2.75, 3.05) is 6.61 Å². The maximum atomic E-state index is 8.66. The quantitative estimate of drug-likeness (QED) is 0.679. The normalized spacial score (nSPS) is 9.95. The van der Waals surface area contributed by atoms with Crippen molar-refractivity contribution in [3.63, 3.8) is 0 Å². The first kappa shape index (κ1) is 14.7. The molecule has 1 nitrogen and oxygen atoms in total. The van der Waals surface area contributed by atoms with Crippen LogP contribution in [0.5, 0.6) is 0 Å². The van der Waals surface area contributed by atoms with Gasteiger partial charge in [-0.2, -0.15) is 0 Å². The molecule has 0 atom stereocenters. The average molecular weight is 282 g/mol. The van der Waals surface area contributed by atoms with Gasteiger partial charge in [-0.05, 0) is 54.8 Å². The van der Waals surface area contributed by atoms with E-state index in [1.165, 1.54) is 21.6 Å². The average Bonchev–Trinajstić information content (AvgIpc) is 2.47. The van der Waals surface area contributed by atoms with Crippen molar-refractivity contribution in [1.29, 1.82) is 0 Å². The zero-order valence-electron chi connectivity index (χ0n) is 11.8. The molecule has 102 valence electrons. The number of benzene rings is 2. The van der Waals surface area contributed by atoms with E-state index in [0.717, 1.165) is 11.3 Å². The molecule has 2 aromatic carbocycles. The van der Waals surface area contributed by atoms with Crippen molar-refractivity contribution >= 4 is 11.8 Å². The molecule has 0 aliphatic rings. The second-order valence-electron chi connectivity index (χ2n) is 4.69. The number of hydrogen-bond donors (Lipinski definition) is 1. The zero-order chi connectivity index (χ0) is 14.4. The molecule has 0 amide bonds. The van der Waals surface area contributed by atoms with E-state index in [2.05, 4.69) is 56.0 Å². The van der Waals surface area contributed by atoms with E-state index in [4.69, 9.17) is 5.11 Å². The molecule has 0 spiro atoms. The summed E-state index contributed by atoms with van der Waals surface area (Å²) in [6.07, 6.45) is 0. The molecule has 2 aromatic rings. The summed E-state index contributed by atoms with van der Waals surface area (Å²) in [6, 6.07) is 14.8. The maximum Gasteiger partial charge on any atom is 0.104 e. The Morgan fingerprint density at radius 3 is 2.40 bits per heavy atom. The van der Waals surface area contributed by atoms with Crippen LogP contribution in [0.3, 0.4) is 0 Å². The van der Waals surface area contributed by atoms with Gasteiger partial charge >= 0.3 is 0 Å². The first-order valence-electron chi connectivity index (χ1n) is 6.58. The Morgan fingerprint density at radius 2 is 1.75 bits per heavy atom. The Balaban J connectivity index is 1.98. The molecule has 0 saturated carbocycles. The molecule has 0 aliphatic heterocycles. The Morgan fingerprint density at radius 1 is 1.00 bits per heavy atom. The molecule has 0 aliphatic carbocycles. The lowest BCUT2D eigenvalue weighted by atomic mass is 10.1. The van der Waals surface area contributed by atoms with Gasteiger partial charge in [0.2, 0.25) is 0 Å². The summed E-state index contributed by atoms with van der Waals surface area (Å²) in [5, 5.41) is 8.66. The first-order valence-corrected chi connectivity index (χ1v) is 7.56. The summed E-state index contributed by atoms with van der Waals surface area (Å²) in [7, 11) is 0. The number of aliphatic hydroxyl groups excluding tert-OH is 1. The molecule has 0 heterocycles. The van der Waals surface area contributed by atoms with Gasteiger partial charge in [0.15, 0.2) is 0 Å². The van der Waals surface area contributed by atoms with Crippen molar-refractivity contribution in [2.24, 2.45) is 0 Å². The third-order valence-electron chi connectivity index (χ3n) is 3.15. The van der Waals surface area contributed by atoms with Crippen LogP contribution in [0.15, 0.2) is 47.4 Å². The van der Waals surface area contributed by atoms with Gasteiger partial charge in [0.25, 0.3) is 0 Å². The highest BCUT2D eigenvalue weighted by Crippen LogP contribution is 2.24. The van der Waals surface area contributed by atoms with Crippen LogP contribution in [-0.4, -0.2) is 11.7 Å². The fourth-order valence-corrected chi connectivity index (χ4v) is 2.75. The molecule has 0 aromatic heterocycles. The van der Waals surface area contributed by atoms with Crippen LogP contribution in [-0.2, 0) is 5.75 Å². The molecule has 0 saturated heterocycles. The summed E-state index contributed by atoms with van der Waals surface area (Å²) >= 11 is 1.84. The van der Waals surface area contributed by atoms with Gasteiger partial charge in [0.1, 0.15) is 6.61 Å². The molecule has 1 N–H and O–H groups in total. The van der Waals surface area contributed by atoms with Crippen molar-refractivity contribution < 1.29 is 5.11 Å². The van der Waals surface area contributed by atoms with E-state index < -0.39 is 0 Å². The minimum absolute atomic E-state index is 0.0929. The van der Waals surface area contributed by atoms with Crippen LogP contribution in [0.1, 0.15) is 22.3 Å². The summed E-state index contributed by atoms with van der Waals surface area (Å²) in [6.45, 7) is 4.19. The van der Waals surface area contributed by atoms with Crippen molar-refractivity contribution in [1.82, 2.24) is 0 Å². The van der Waals surface area contributed by atoms with Crippen LogP contribution in [0.25, 0.3) is 0 Å². The number of aliphatic hydroxyl groups is 1. The first-order chi connectivity index (χ1) is 9.69. The third-order valence-corrected chi connectivity index (χ3v) is 4.21. The van der Waals surface area contributed by atoms with Gasteiger partial charge in [-0.1, -0.05) is 30.0 Å². The van der Waals surface area contributed by atoms with Crippen molar-refractivity contribution in [2.45, 2.75) is 24.5 Å². The lowest BCUT2D eigenvalue weighted by molar-refractivity contribution is 0.350. The molecule has 20 heavy (non-hydrogen) atoms. The summed E-state index contributed by atoms with van der Waals surface area (Å²) in [4.78, 5) is 1.30. The predicted octanol–water partition coefficient (Wildman–Crippen LogP) is 3.94. The van der Waals surface area contributed by atoms with E-state index >= 15 is 0 Å². The molecular formula is C18H18OS. The van der Waals surface area contributed by atoms with Crippen LogP contribution in [0.2, 0.25) is 0 Å². The van der Waals surface area contributed by atoms with Gasteiger partial charge < -0.3 is 5.11 Å². The second-order valence-corrected chi connectivity index (χ2v) is 5.74. The Bertz CT molecular complexity index is 633. The van der Waals surface area contributed by atoms with E-state index in [-0.39, 0.29) is 6.61 Å². The van der Waals surface area contributed by atoms with E-state index in [1.54, 1.807) is 0 Å². The highest BCUT2D eigenvalue weighted by Gasteiger charge is 1.99. The minimum Gasteiger partial charge on any atom is -0.384 e. The fourth-order valence-electron chi connectivity index (χ4n) is 1.80. The van der Waals surface area contributed by atoms with E-state index in [9.17, 15) is 0 Å². The minimum atomic E-state index is -0.0929.